The van der Waals surface area contributed by atoms with Crippen LogP contribution in [0.25, 0.3) is 0 Å². The van der Waals surface area contributed by atoms with Gasteiger partial charge in [-0.25, -0.2) is 0 Å². The summed E-state index contributed by atoms with van der Waals surface area (Å²) in [7, 11) is 0. The fourth-order valence-corrected chi connectivity index (χ4v) is 5.50. The molecule has 1 aliphatic carbocycles. The predicted molar refractivity (Wildman–Crippen MR) is 136 cm³/mol. The van der Waals surface area contributed by atoms with E-state index in [0.717, 1.165) is 49.7 Å². The summed E-state index contributed by atoms with van der Waals surface area (Å²) in [6.45, 7) is 2.79. The Kier molecular flexibility index (Phi) is 8.93. The zero-order valence-electron chi connectivity index (χ0n) is 20.3. The molecule has 3 amide bonds. The Morgan fingerprint density at radius 1 is 1.06 bits per heavy atom. The molecular weight excluding hydrogens is 462 g/mol. The summed E-state index contributed by atoms with van der Waals surface area (Å²) in [6.07, 6.45) is 6.98. The highest BCUT2D eigenvalue weighted by molar-refractivity contribution is 7.12. The number of aryl methyl sites for hydroxylation is 1. The second kappa shape index (κ2) is 12.3. The highest BCUT2D eigenvalue weighted by atomic mass is 32.1. The maximum absolute atomic E-state index is 13.7. The third-order valence-corrected chi connectivity index (χ3v) is 7.66. The molecule has 35 heavy (non-hydrogen) atoms. The first kappa shape index (κ1) is 25.4. The minimum atomic E-state index is -0.784. The van der Waals surface area contributed by atoms with Gasteiger partial charge in [0, 0.05) is 19.2 Å². The van der Waals surface area contributed by atoms with Crippen LogP contribution in [-0.4, -0.2) is 54.5 Å². The van der Waals surface area contributed by atoms with Crippen LogP contribution < -0.4 is 10.6 Å². The Hall–Kier alpha value is -2.71. The second-order valence-corrected chi connectivity index (χ2v) is 10.4. The van der Waals surface area contributed by atoms with E-state index in [0.29, 0.717) is 18.0 Å². The molecule has 1 aromatic carbocycles. The van der Waals surface area contributed by atoms with Crippen molar-refractivity contribution in [1.29, 1.82) is 0 Å². The molecule has 1 aromatic heterocycles. The molecule has 0 spiro atoms. The highest BCUT2D eigenvalue weighted by Gasteiger charge is 2.35. The molecule has 8 heteroatoms. The van der Waals surface area contributed by atoms with Crippen molar-refractivity contribution in [1.82, 2.24) is 15.5 Å². The first-order valence-corrected chi connectivity index (χ1v) is 13.5. The van der Waals surface area contributed by atoms with Gasteiger partial charge < -0.3 is 20.3 Å². The molecule has 2 aliphatic rings. The summed E-state index contributed by atoms with van der Waals surface area (Å²) in [5.41, 5.74) is 1.85. The molecule has 2 N–H and O–H groups in total. The maximum Gasteiger partial charge on any atom is 0.261 e. The van der Waals surface area contributed by atoms with E-state index >= 15 is 0 Å². The zero-order chi connectivity index (χ0) is 24.6. The largest absolute Gasteiger partial charge is 0.376 e. The molecule has 2 aromatic rings. The molecule has 4 rings (SSSR count). The lowest BCUT2D eigenvalue weighted by atomic mass is 9.94. The summed E-state index contributed by atoms with van der Waals surface area (Å²) in [5, 5.41) is 7.78. The predicted octanol–water partition coefficient (Wildman–Crippen LogP) is 3.98. The summed E-state index contributed by atoms with van der Waals surface area (Å²) in [6, 6.07) is 10.6. The standard InChI is InChI=1S/C27H35N3O4S/c1-19-11-13-20(14-12-19)25(27(33)29-21-7-3-2-4-8-21)30(18-22-9-5-15-34-22)24(31)17-28-26(32)23-10-6-16-35-23/h6,10-14,16,21-22,25H,2-5,7-9,15,17-18H2,1H3,(H,28,32)(H,29,33)/t22-,25+/m1/s1. The molecule has 1 saturated carbocycles. The Bertz CT molecular complexity index is 980. The van der Waals surface area contributed by atoms with Gasteiger partial charge in [0.25, 0.3) is 5.91 Å². The zero-order valence-corrected chi connectivity index (χ0v) is 21.1. The number of benzene rings is 1. The number of nitrogens with one attached hydrogen (secondary N) is 2. The molecule has 188 valence electrons. The van der Waals surface area contributed by atoms with Gasteiger partial charge in [0.15, 0.2) is 0 Å². The molecule has 1 saturated heterocycles. The van der Waals surface area contributed by atoms with Crippen molar-refractivity contribution in [2.45, 2.75) is 70.1 Å². The van der Waals surface area contributed by atoms with Gasteiger partial charge in [-0.15, -0.1) is 11.3 Å². The van der Waals surface area contributed by atoms with Crippen molar-refractivity contribution < 1.29 is 19.1 Å². The Morgan fingerprint density at radius 3 is 2.49 bits per heavy atom. The SMILES string of the molecule is Cc1ccc([C@@H](C(=O)NC2CCCCC2)N(C[C@H]2CCCO2)C(=O)CNC(=O)c2cccs2)cc1. The van der Waals surface area contributed by atoms with Crippen LogP contribution in [-0.2, 0) is 14.3 Å². The molecule has 7 nitrogen and oxygen atoms in total. The van der Waals surface area contributed by atoms with Crippen LogP contribution in [0, 0.1) is 6.92 Å². The van der Waals surface area contributed by atoms with Crippen molar-refractivity contribution in [3.63, 3.8) is 0 Å². The average Bonchev–Trinajstić information content (AvgIpc) is 3.58. The summed E-state index contributed by atoms with van der Waals surface area (Å²) < 4.78 is 5.84. The molecular formula is C27H35N3O4S. The summed E-state index contributed by atoms with van der Waals surface area (Å²) in [5.74, 6) is -0.754. The molecule has 0 bridgehead atoms. The summed E-state index contributed by atoms with van der Waals surface area (Å²) in [4.78, 5) is 41.9. The van der Waals surface area contributed by atoms with Crippen molar-refractivity contribution in [3.05, 3.63) is 57.8 Å². The Balaban J connectivity index is 1.57. The van der Waals surface area contributed by atoms with Crippen LogP contribution in [0.1, 0.15) is 71.8 Å². The third kappa shape index (κ3) is 6.92. The number of carbonyl (C=O) groups is 3. The van der Waals surface area contributed by atoms with Crippen LogP contribution in [0.2, 0.25) is 0 Å². The first-order chi connectivity index (χ1) is 17.0. The van der Waals surface area contributed by atoms with Crippen LogP contribution in [0.15, 0.2) is 41.8 Å². The van der Waals surface area contributed by atoms with E-state index in [9.17, 15) is 14.4 Å². The normalized spacial score (nSPS) is 19.2. The molecule has 2 heterocycles. The fraction of sp³-hybridized carbons (Fsp3) is 0.519. The molecule has 2 fully saturated rings. The van der Waals surface area contributed by atoms with E-state index in [4.69, 9.17) is 4.74 Å². The number of ether oxygens (including phenoxy) is 1. The lowest BCUT2D eigenvalue weighted by Crippen LogP contribution is -2.51. The van der Waals surface area contributed by atoms with Gasteiger partial charge in [-0.05, 0) is 49.6 Å². The van der Waals surface area contributed by atoms with E-state index in [2.05, 4.69) is 10.6 Å². The average molecular weight is 498 g/mol. The van der Waals surface area contributed by atoms with Crippen LogP contribution in [0.5, 0.6) is 0 Å². The lowest BCUT2D eigenvalue weighted by Gasteiger charge is -2.34. The van der Waals surface area contributed by atoms with E-state index in [1.54, 1.807) is 17.0 Å². The van der Waals surface area contributed by atoms with Crippen molar-refractivity contribution >= 4 is 29.1 Å². The number of carbonyl (C=O) groups excluding carboxylic acids is 3. The Labute approximate surface area is 211 Å². The molecule has 0 unspecified atom stereocenters. The van der Waals surface area contributed by atoms with E-state index in [-0.39, 0.29) is 36.4 Å². The highest BCUT2D eigenvalue weighted by Crippen LogP contribution is 2.26. The van der Waals surface area contributed by atoms with Crippen molar-refractivity contribution in [3.8, 4) is 0 Å². The van der Waals surface area contributed by atoms with Crippen molar-refractivity contribution in [2.75, 3.05) is 19.7 Å². The van der Waals surface area contributed by atoms with Crippen LogP contribution >= 0.6 is 11.3 Å². The lowest BCUT2D eigenvalue weighted by molar-refractivity contribution is -0.142. The van der Waals surface area contributed by atoms with Gasteiger partial charge in [0.05, 0.1) is 17.5 Å². The topological polar surface area (TPSA) is 87.7 Å². The van der Waals surface area contributed by atoms with Gasteiger partial charge in [-0.2, -0.15) is 0 Å². The molecule has 2 atom stereocenters. The van der Waals surface area contributed by atoms with E-state index in [1.807, 2.05) is 36.6 Å². The monoisotopic (exact) mass is 497 g/mol. The Morgan fingerprint density at radius 2 is 1.83 bits per heavy atom. The fourth-order valence-electron chi connectivity index (χ4n) is 4.86. The number of nitrogens with zero attached hydrogens (tertiary/aromatic N) is 1. The number of hydrogen-bond donors (Lipinski definition) is 2. The maximum atomic E-state index is 13.7. The quantitative estimate of drug-likeness (QED) is 0.549. The van der Waals surface area contributed by atoms with Crippen LogP contribution in [0.4, 0.5) is 0 Å². The number of amides is 3. The van der Waals surface area contributed by atoms with Gasteiger partial charge in [-0.1, -0.05) is 55.2 Å². The van der Waals surface area contributed by atoms with Gasteiger partial charge in [-0.3, -0.25) is 14.4 Å². The number of thiophene rings is 1. The number of hydrogen-bond acceptors (Lipinski definition) is 5. The smallest absolute Gasteiger partial charge is 0.261 e. The summed E-state index contributed by atoms with van der Waals surface area (Å²) >= 11 is 1.32. The van der Waals surface area contributed by atoms with Crippen LogP contribution in [0.3, 0.4) is 0 Å². The molecule has 1 aliphatic heterocycles. The van der Waals surface area contributed by atoms with E-state index < -0.39 is 6.04 Å². The minimum Gasteiger partial charge on any atom is -0.376 e. The van der Waals surface area contributed by atoms with Gasteiger partial charge in [0.2, 0.25) is 11.8 Å². The first-order valence-electron chi connectivity index (χ1n) is 12.6. The second-order valence-electron chi connectivity index (χ2n) is 9.50. The number of rotatable bonds is 9. The van der Waals surface area contributed by atoms with Crippen molar-refractivity contribution in [2.24, 2.45) is 0 Å². The van der Waals surface area contributed by atoms with Gasteiger partial charge in [0.1, 0.15) is 6.04 Å². The third-order valence-electron chi connectivity index (χ3n) is 6.79. The van der Waals surface area contributed by atoms with Gasteiger partial charge >= 0.3 is 0 Å². The minimum absolute atomic E-state index is 0.123. The van der Waals surface area contributed by atoms with E-state index in [1.165, 1.54) is 17.8 Å². The molecule has 0 radical (unpaired) electrons.